The predicted octanol–water partition coefficient (Wildman–Crippen LogP) is 2.81. The molecule has 0 saturated carbocycles. The van der Waals surface area contributed by atoms with E-state index in [9.17, 15) is 23.3 Å². The lowest BCUT2D eigenvalue weighted by Crippen LogP contribution is -2.45. The standard InChI is InChI=1S/C12H9F3N2O2/c13-12(14,15)10-5-3-4-9(8-10)11(17(18)19)6-1-2-7-16-11/h1-8,16H. The molecule has 1 unspecified atom stereocenters. The monoisotopic (exact) mass is 270 g/mol. The number of nitro groups is 1. The van der Waals surface area contributed by atoms with Crippen molar-refractivity contribution in [3.8, 4) is 0 Å². The highest BCUT2D eigenvalue weighted by Gasteiger charge is 2.43. The third-order valence-corrected chi connectivity index (χ3v) is 2.77. The van der Waals surface area contributed by atoms with Crippen molar-refractivity contribution in [1.29, 1.82) is 0 Å². The second kappa shape index (κ2) is 4.42. The molecule has 0 spiro atoms. The van der Waals surface area contributed by atoms with E-state index in [1.54, 1.807) is 0 Å². The Labute approximate surface area is 106 Å². The third kappa shape index (κ3) is 2.31. The minimum Gasteiger partial charge on any atom is -0.320 e. The van der Waals surface area contributed by atoms with Gasteiger partial charge in [0.2, 0.25) is 0 Å². The zero-order valence-corrected chi connectivity index (χ0v) is 9.52. The number of rotatable bonds is 2. The molecule has 0 bridgehead atoms. The van der Waals surface area contributed by atoms with Crippen molar-refractivity contribution in [2.75, 3.05) is 0 Å². The maximum atomic E-state index is 12.6. The molecule has 2 rings (SSSR count). The summed E-state index contributed by atoms with van der Waals surface area (Å²) in [6, 6.07) is 4.09. The minimum atomic E-state index is -4.54. The Morgan fingerprint density at radius 1 is 1.26 bits per heavy atom. The fourth-order valence-corrected chi connectivity index (χ4v) is 1.80. The van der Waals surface area contributed by atoms with Gasteiger partial charge in [-0.15, -0.1) is 0 Å². The molecule has 0 saturated heterocycles. The van der Waals surface area contributed by atoms with Crippen molar-refractivity contribution in [3.63, 3.8) is 0 Å². The Morgan fingerprint density at radius 3 is 2.53 bits per heavy atom. The van der Waals surface area contributed by atoms with E-state index in [0.717, 1.165) is 18.2 Å². The van der Waals surface area contributed by atoms with E-state index in [-0.39, 0.29) is 5.56 Å². The second-order valence-electron chi connectivity index (χ2n) is 3.96. The first kappa shape index (κ1) is 13.1. The van der Waals surface area contributed by atoms with E-state index in [1.807, 2.05) is 0 Å². The molecule has 1 aromatic carbocycles. The topological polar surface area (TPSA) is 55.2 Å². The summed E-state index contributed by atoms with van der Waals surface area (Å²) in [6.07, 6.45) is 0.933. The summed E-state index contributed by atoms with van der Waals surface area (Å²) < 4.78 is 37.9. The summed E-state index contributed by atoms with van der Waals surface area (Å²) in [5.74, 6) is 0. The van der Waals surface area contributed by atoms with E-state index in [2.05, 4.69) is 5.32 Å². The highest BCUT2D eigenvalue weighted by Crippen LogP contribution is 2.33. The van der Waals surface area contributed by atoms with Crippen LogP contribution in [-0.4, -0.2) is 4.92 Å². The molecule has 1 atom stereocenters. The number of allylic oxidation sites excluding steroid dienone is 2. The summed E-state index contributed by atoms with van der Waals surface area (Å²) in [7, 11) is 0. The lowest BCUT2D eigenvalue weighted by Gasteiger charge is -2.24. The number of nitrogens with zero attached hydrogens (tertiary/aromatic N) is 1. The fourth-order valence-electron chi connectivity index (χ4n) is 1.80. The molecule has 1 aliphatic heterocycles. The van der Waals surface area contributed by atoms with Crippen LogP contribution in [0, 0.1) is 10.1 Å². The number of halogens is 3. The van der Waals surface area contributed by atoms with Gasteiger partial charge in [-0.25, -0.2) is 0 Å². The van der Waals surface area contributed by atoms with E-state index < -0.39 is 22.3 Å². The smallest absolute Gasteiger partial charge is 0.320 e. The maximum absolute atomic E-state index is 12.6. The molecule has 1 heterocycles. The van der Waals surface area contributed by atoms with E-state index >= 15 is 0 Å². The van der Waals surface area contributed by atoms with Crippen molar-refractivity contribution in [2.24, 2.45) is 0 Å². The van der Waals surface area contributed by atoms with E-state index in [1.165, 1.54) is 30.5 Å². The average molecular weight is 270 g/mol. The van der Waals surface area contributed by atoms with Crippen LogP contribution in [0.5, 0.6) is 0 Å². The van der Waals surface area contributed by atoms with Crippen LogP contribution in [0.15, 0.2) is 48.7 Å². The second-order valence-corrected chi connectivity index (χ2v) is 3.96. The molecule has 19 heavy (non-hydrogen) atoms. The van der Waals surface area contributed by atoms with Gasteiger partial charge in [-0.1, -0.05) is 12.1 Å². The van der Waals surface area contributed by atoms with E-state index in [4.69, 9.17) is 0 Å². The first-order valence-electron chi connectivity index (χ1n) is 5.30. The quantitative estimate of drug-likeness (QED) is 0.664. The molecule has 1 N–H and O–H groups in total. The number of benzene rings is 1. The average Bonchev–Trinajstić information content (AvgIpc) is 2.38. The van der Waals surface area contributed by atoms with Crippen LogP contribution in [0.3, 0.4) is 0 Å². The first-order chi connectivity index (χ1) is 8.86. The Hall–Kier alpha value is -2.31. The van der Waals surface area contributed by atoms with Gasteiger partial charge in [-0.2, -0.15) is 13.2 Å². The van der Waals surface area contributed by atoms with Crippen LogP contribution < -0.4 is 5.32 Å². The summed E-state index contributed by atoms with van der Waals surface area (Å²) in [5, 5.41) is 13.7. The Balaban J connectivity index is 2.53. The number of nitrogens with one attached hydrogen (secondary N) is 1. The van der Waals surface area contributed by atoms with Crippen molar-refractivity contribution in [1.82, 2.24) is 5.32 Å². The number of dihydropyridines is 1. The molecule has 4 nitrogen and oxygen atoms in total. The summed E-state index contributed by atoms with van der Waals surface area (Å²) in [4.78, 5) is 10.6. The molecule has 0 amide bonds. The van der Waals surface area contributed by atoms with Gasteiger partial charge in [0, 0.05) is 12.3 Å². The number of alkyl halides is 3. The SMILES string of the molecule is O=[N+]([O-])C1(c2cccc(C(F)(F)F)c2)C=CC=CN1. The minimum absolute atomic E-state index is 0.0760. The molecular formula is C12H9F3N2O2. The number of hydrogen-bond acceptors (Lipinski definition) is 3. The van der Waals surface area contributed by atoms with Crippen LogP contribution in [0.1, 0.15) is 11.1 Å². The maximum Gasteiger partial charge on any atom is 0.416 e. The normalized spacial score (nSPS) is 22.1. The predicted molar refractivity (Wildman–Crippen MR) is 61.5 cm³/mol. The van der Waals surface area contributed by atoms with E-state index in [0.29, 0.717) is 0 Å². The Kier molecular flexibility index (Phi) is 3.05. The van der Waals surface area contributed by atoms with Gasteiger partial charge >= 0.3 is 11.8 Å². The molecule has 100 valence electrons. The van der Waals surface area contributed by atoms with Crippen LogP contribution in [0.25, 0.3) is 0 Å². The van der Waals surface area contributed by atoms with Gasteiger partial charge in [0.1, 0.15) is 0 Å². The van der Waals surface area contributed by atoms with Crippen molar-refractivity contribution >= 4 is 0 Å². The molecular weight excluding hydrogens is 261 g/mol. The molecule has 1 aromatic rings. The summed E-state index contributed by atoms with van der Waals surface area (Å²) in [6.45, 7) is 0. The van der Waals surface area contributed by atoms with Gasteiger partial charge < -0.3 is 5.32 Å². The van der Waals surface area contributed by atoms with Crippen molar-refractivity contribution in [2.45, 2.75) is 11.8 Å². The summed E-state index contributed by atoms with van der Waals surface area (Å²) in [5.41, 5.74) is -2.86. The molecule has 7 heteroatoms. The Bertz CT molecular complexity index is 566. The van der Waals surface area contributed by atoms with Crippen molar-refractivity contribution in [3.05, 3.63) is 69.9 Å². The van der Waals surface area contributed by atoms with Gasteiger partial charge in [0.05, 0.1) is 16.1 Å². The first-order valence-corrected chi connectivity index (χ1v) is 5.30. The fraction of sp³-hybridized carbons (Fsp3) is 0.167. The molecule has 1 aliphatic rings. The van der Waals surface area contributed by atoms with Crippen LogP contribution in [0.2, 0.25) is 0 Å². The molecule has 0 aromatic heterocycles. The van der Waals surface area contributed by atoms with Crippen LogP contribution in [0.4, 0.5) is 13.2 Å². The van der Waals surface area contributed by atoms with Crippen molar-refractivity contribution < 1.29 is 18.1 Å². The zero-order valence-electron chi connectivity index (χ0n) is 9.52. The van der Waals surface area contributed by atoms with Gasteiger partial charge in [-0.3, -0.25) is 10.1 Å². The molecule has 0 radical (unpaired) electrons. The van der Waals surface area contributed by atoms with Gasteiger partial charge in [-0.05, 0) is 24.3 Å². The molecule has 0 fully saturated rings. The Morgan fingerprint density at radius 2 is 2.00 bits per heavy atom. The van der Waals surface area contributed by atoms with Gasteiger partial charge in [0.15, 0.2) is 0 Å². The lowest BCUT2D eigenvalue weighted by atomic mass is 9.96. The largest absolute Gasteiger partial charge is 0.416 e. The highest BCUT2D eigenvalue weighted by molar-refractivity contribution is 5.35. The summed E-state index contributed by atoms with van der Waals surface area (Å²) >= 11 is 0. The zero-order chi connectivity index (χ0) is 14.1. The molecule has 0 aliphatic carbocycles. The third-order valence-electron chi connectivity index (χ3n) is 2.77. The van der Waals surface area contributed by atoms with Crippen LogP contribution in [-0.2, 0) is 11.8 Å². The van der Waals surface area contributed by atoms with Crippen LogP contribution >= 0.6 is 0 Å². The van der Waals surface area contributed by atoms with Gasteiger partial charge in [0.25, 0.3) is 0 Å². The highest BCUT2D eigenvalue weighted by atomic mass is 19.4. The number of hydrogen-bond donors (Lipinski definition) is 1. The lowest BCUT2D eigenvalue weighted by molar-refractivity contribution is -0.570.